The van der Waals surface area contributed by atoms with Gasteiger partial charge >= 0.3 is 0 Å². The van der Waals surface area contributed by atoms with Crippen molar-refractivity contribution in [2.75, 3.05) is 11.1 Å². The monoisotopic (exact) mass is 306 g/mol. The van der Waals surface area contributed by atoms with E-state index < -0.39 is 5.91 Å². The lowest BCUT2D eigenvalue weighted by Gasteiger charge is -2.10. The van der Waals surface area contributed by atoms with Gasteiger partial charge in [-0.2, -0.15) is 0 Å². The zero-order valence-electron chi connectivity index (χ0n) is 12.4. The summed E-state index contributed by atoms with van der Waals surface area (Å²) in [5, 5.41) is 4.00. The minimum atomic E-state index is -0.746. The summed E-state index contributed by atoms with van der Waals surface area (Å²) in [4.78, 5) is 29.8. The molecule has 0 saturated heterocycles. The molecule has 114 valence electrons. The fraction of sp³-hybridized carbons (Fsp3) is 0.0588. The van der Waals surface area contributed by atoms with E-state index in [1.807, 2.05) is 25.1 Å². The predicted octanol–water partition coefficient (Wildman–Crippen LogP) is 2.32. The predicted molar refractivity (Wildman–Crippen MR) is 88.8 cm³/mol. The number of aryl methyl sites for hydroxylation is 1. The van der Waals surface area contributed by atoms with Crippen molar-refractivity contribution in [2.45, 2.75) is 6.92 Å². The molecule has 0 bridgehead atoms. The molecule has 6 nitrogen and oxygen atoms in total. The average Bonchev–Trinajstić information content (AvgIpc) is 2.54. The van der Waals surface area contributed by atoms with Gasteiger partial charge in [0.05, 0.1) is 0 Å². The van der Waals surface area contributed by atoms with Crippen LogP contribution >= 0.6 is 0 Å². The summed E-state index contributed by atoms with van der Waals surface area (Å²) >= 11 is 0. The van der Waals surface area contributed by atoms with E-state index in [-0.39, 0.29) is 6.29 Å². The number of nitrogens with two attached hydrogens (primary N) is 1. The van der Waals surface area contributed by atoms with Crippen molar-refractivity contribution in [3.63, 3.8) is 0 Å². The molecule has 3 rings (SSSR count). The zero-order chi connectivity index (χ0) is 16.4. The van der Waals surface area contributed by atoms with Crippen LogP contribution in [-0.2, 0) is 9.59 Å². The largest absolute Gasteiger partial charge is 0.398 e. The Morgan fingerprint density at radius 3 is 2.83 bits per heavy atom. The van der Waals surface area contributed by atoms with E-state index >= 15 is 0 Å². The molecule has 3 N–H and O–H groups in total. The van der Waals surface area contributed by atoms with Crippen molar-refractivity contribution in [1.29, 1.82) is 0 Å². The van der Waals surface area contributed by atoms with Crippen molar-refractivity contribution in [1.82, 2.24) is 9.97 Å². The van der Waals surface area contributed by atoms with E-state index in [2.05, 4.69) is 15.3 Å². The number of rotatable bonds is 3. The number of carbonyl (C=O) groups is 2. The molecular weight excluding hydrogens is 292 g/mol. The molecule has 0 radical (unpaired) electrons. The van der Waals surface area contributed by atoms with Gasteiger partial charge in [0.2, 0.25) is 6.29 Å². The molecule has 0 atom stereocenters. The zero-order valence-corrected chi connectivity index (χ0v) is 12.4. The molecule has 1 aromatic carbocycles. The third-order valence-electron chi connectivity index (χ3n) is 3.58. The third-order valence-corrected chi connectivity index (χ3v) is 3.58. The molecule has 2 aromatic heterocycles. The second-order valence-corrected chi connectivity index (χ2v) is 5.15. The molecule has 0 fully saturated rings. The van der Waals surface area contributed by atoms with Crippen LogP contribution < -0.4 is 11.1 Å². The summed E-state index contributed by atoms with van der Waals surface area (Å²) in [6, 6.07) is 7.44. The van der Waals surface area contributed by atoms with Gasteiger partial charge in [-0.25, -0.2) is 4.98 Å². The highest BCUT2D eigenvalue weighted by Gasteiger charge is 2.09. The number of nitrogens with zero attached hydrogens (tertiary/aromatic N) is 2. The number of hydrogen-bond acceptors (Lipinski definition) is 5. The number of aromatic nitrogens is 2. The highest BCUT2D eigenvalue weighted by molar-refractivity contribution is 6.29. The smallest absolute Gasteiger partial charge is 0.289 e. The van der Waals surface area contributed by atoms with Crippen LogP contribution in [0.1, 0.15) is 5.56 Å². The van der Waals surface area contributed by atoms with Gasteiger partial charge in [-0.3, -0.25) is 14.6 Å². The SMILES string of the molecule is Cc1ccncc1-c1cc(N)c2cnc(NC(=O)C=O)cc2c1. The van der Waals surface area contributed by atoms with Crippen LogP contribution in [0.5, 0.6) is 0 Å². The summed E-state index contributed by atoms with van der Waals surface area (Å²) in [5.74, 6) is -0.446. The molecule has 0 saturated carbocycles. The van der Waals surface area contributed by atoms with Gasteiger partial charge < -0.3 is 11.1 Å². The van der Waals surface area contributed by atoms with Crippen LogP contribution in [0.15, 0.2) is 42.9 Å². The molecular formula is C17H14N4O2. The maximum absolute atomic E-state index is 11.2. The van der Waals surface area contributed by atoms with E-state index in [9.17, 15) is 9.59 Å². The average molecular weight is 306 g/mol. The number of hydrogen-bond donors (Lipinski definition) is 2. The van der Waals surface area contributed by atoms with Gasteiger partial charge in [-0.05, 0) is 47.7 Å². The van der Waals surface area contributed by atoms with Gasteiger partial charge in [-0.15, -0.1) is 0 Å². The molecule has 0 spiro atoms. The number of nitrogens with one attached hydrogen (secondary N) is 1. The first-order valence-electron chi connectivity index (χ1n) is 6.95. The summed E-state index contributed by atoms with van der Waals surface area (Å²) in [6.07, 6.45) is 5.30. The maximum atomic E-state index is 11.2. The summed E-state index contributed by atoms with van der Waals surface area (Å²) in [5.41, 5.74) is 9.70. The van der Waals surface area contributed by atoms with Gasteiger partial charge in [0.25, 0.3) is 5.91 Å². The summed E-state index contributed by atoms with van der Waals surface area (Å²) < 4.78 is 0. The number of fused-ring (bicyclic) bond motifs is 1. The van der Waals surface area contributed by atoms with Crippen LogP contribution in [0.2, 0.25) is 0 Å². The molecule has 6 heteroatoms. The minimum absolute atomic E-state index is 0.204. The number of pyridine rings is 2. The molecule has 23 heavy (non-hydrogen) atoms. The second kappa shape index (κ2) is 5.84. The van der Waals surface area contributed by atoms with Gasteiger partial charge in [0.15, 0.2) is 0 Å². The van der Waals surface area contributed by atoms with E-state index in [0.717, 1.165) is 27.5 Å². The van der Waals surface area contributed by atoms with Crippen molar-refractivity contribution >= 4 is 34.5 Å². The van der Waals surface area contributed by atoms with Crippen LogP contribution in [0.25, 0.3) is 21.9 Å². The van der Waals surface area contributed by atoms with E-state index in [1.54, 1.807) is 24.7 Å². The second-order valence-electron chi connectivity index (χ2n) is 5.15. The molecule has 2 heterocycles. The Kier molecular flexibility index (Phi) is 3.72. The standard InChI is InChI=1S/C17H14N4O2/c1-10-2-3-19-7-13(10)11-4-12-6-16(21-17(23)9-22)20-8-14(12)15(18)5-11/h2-9H,18H2,1H3,(H,20,21,23). The molecule has 0 unspecified atom stereocenters. The first kappa shape index (κ1) is 14.6. The van der Waals surface area contributed by atoms with E-state index in [0.29, 0.717) is 11.5 Å². The van der Waals surface area contributed by atoms with E-state index in [1.165, 1.54) is 0 Å². The van der Waals surface area contributed by atoms with Crippen LogP contribution in [0.3, 0.4) is 0 Å². The first-order chi connectivity index (χ1) is 11.1. The topological polar surface area (TPSA) is 98.0 Å². The lowest BCUT2D eigenvalue weighted by atomic mass is 9.99. The van der Waals surface area contributed by atoms with Crippen molar-refractivity contribution in [3.05, 3.63) is 48.4 Å². The Bertz CT molecular complexity index is 922. The van der Waals surface area contributed by atoms with Gasteiger partial charge in [0.1, 0.15) is 5.82 Å². The van der Waals surface area contributed by atoms with Crippen molar-refractivity contribution < 1.29 is 9.59 Å². The van der Waals surface area contributed by atoms with Gasteiger partial charge in [-0.1, -0.05) is 0 Å². The summed E-state index contributed by atoms with van der Waals surface area (Å²) in [6.45, 7) is 2.00. The fourth-order valence-electron chi connectivity index (χ4n) is 2.43. The Hall–Kier alpha value is -3.28. The van der Waals surface area contributed by atoms with Crippen molar-refractivity contribution in [3.8, 4) is 11.1 Å². The number of benzene rings is 1. The molecule has 3 aromatic rings. The number of carbonyl (C=O) groups excluding carboxylic acids is 2. The van der Waals surface area contributed by atoms with Crippen LogP contribution in [0.4, 0.5) is 11.5 Å². The number of amides is 1. The molecule has 0 aliphatic rings. The quantitative estimate of drug-likeness (QED) is 0.439. The molecule has 1 amide bonds. The normalized spacial score (nSPS) is 10.5. The first-order valence-corrected chi connectivity index (χ1v) is 6.95. The molecule has 0 aliphatic carbocycles. The Morgan fingerprint density at radius 1 is 1.26 bits per heavy atom. The summed E-state index contributed by atoms with van der Waals surface area (Å²) in [7, 11) is 0. The number of aldehydes is 1. The fourth-order valence-corrected chi connectivity index (χ4v) is 2.43. The number of anilines is 2. The van der Waals surface area contributed by atoms with Crippen LogP contribution in [-0.4, -0.2) is 22.2 Å². The minimum Gasteiger partial charge on any atom is -0.398 e. The highest BCUT2D eigenvalue weighted by atomic mass is 16.2. The lowest BCUT2D eigenvalue weighted by molar-refractivity contribution is -0.127. The Morgan fingerprint density at radius 2 is 2.09 bits per heavy atom. The van der Waals surface area contributed by atoms with E-state index in [4.69, 9.17) is 5.73 Å². The Balaban J connectivity index is 2.13. The maximum Gasteiger partial charge on any atom is 0.289 e. The third kappa shape index (κ3) is 2.87. The van der Waals surface area contributed by atoms with Gasteiger partial charge in [0, 0.05) is 35.2 Å². The van der Waals surface area contributed by atoms with Crippen LogP contribution in [0, 0.1) is 6.92 Å². The number of nitrogen functional groups attached to an aromatic ring is 1. The van der Waals surface area contributed by atoms with Crippen molar-refractivity contribution in [2.24, 2.45) is 0 Å². The lowest BCUT2D eigenvalue weighted by Crippen LogP contribution is -2.13. The molecule has 0 aliphatic heterocycles. The Labute approximate surface area is 132 Å². The highest BCUT2D eigenvalue weighted by Crippen LogP contribution is 2.31.